The number of hydrogen-bond acceptors (Lipinski definition) is 3. The summed E-state index contributed by atoms with van der Waals surface area (Å²) >= 11 is 10.1. The number of fused-ring (bicyclic) bond motifs is 1. The van der Waals surface area contributed by atoms with E-state index in [1.807, 2.05) is 18.2 Å². The van der Waals surface area contributed by atoms with Crippen LogP contribution in [-0.4, -0.2) is 21.1 Å². The molecule has 0 aliphatic rings. The highest BCUT2D eigenvalue weighted by molar-refractivity contribution is 7.72. The zero-order valence-corrected chi connectivity index (χ0v) is 11.5. The number of H-pyrrole nitrogens is 2. The average molecular weight is 286 g/mol. The Kier molecular flexibility index (Phi) is 3.10. The van der Waals surface area contributed by atoms with Crippen molar-refractivity contribution in [2.45, 2.75) is 0 Å². The molecule has 1 aromatic heterocycles. The molecule has 0 bridgehead atoms. The van der Waals surface area contributed by atoms with E-state index in [9.17, 15) is 0 Å². The molecule has 0 spiro atoms. The van der Waals surface area contributed by atoms with Gasteiger partial charge in [-0.05, 0) is 46.8 Å². The van der Waals surface area contributed by atoms with Crippen LogP contribution in [0.4, 0.5) is 0 Å². The maximum absolute atomic E-state index is 5.06. The molecule has 1 heterocycles. The van der Waals surface area contributed by atoms with E-state index >= 15 is 0 Å². The molecule has 0 fully saturated rings. The molecular weight excluding hydrogens is 276 g/mol. The van der Waals surface area contributed by atoms with Crippen LogP contribution in [0.3, 0.4) is 0 Å². The smallest absolute Gasteiger partial charge is 0.215 e. The zero-order valence-electron chi connectivity index (χ0n) is 9.83. The van der Waals surface area contributed by atoms with Crippen molar-refractivity contribution in [3.63, 3.8) is 0 Å². The van der Waals surface area contributed by atoms with Gasteiger partial charge in [0.05, 0.1) is 6.21 Å². The lowest BCUT2D eigenvalue weighted by atomic mass is 10.1. The number of rotatable bonds is 2. The van der Waals surface area contributed by atoms with Crippen LogP contribution < -0.4 is 0 Å². The SMILES string of the molecule is S=c1[nH][nH]c(=S)n1/N=C\c1ccc2ccccc2c1. The first kappa shape index (κ1) is 12.0. The first-order valence-corrected chi connectivity index (χ1v) is 6.48. The highest BCUT2D eigenvalue weighted by Gasteiger charge is 1.95. The molecule has 94 valence electrons. The van der Waals surface area contributed by atoms with Crippen molar-refractivity contribution in [3.8, 4) is 0 Å². The highest BCUT2D eigenvalue weighted by Crippen LogP contribution is 2.14. The highest BCUT2D eigenvalue weighted by atomic mass is 32.1. The van der Waals surface area contributed by atoms with Crippen LogP contribution in [0.25, 0.3) is 10.8 Å². The summed E-state index contributed by atoms with van der Waals surface area (Å²) in [5.41, 5.74) is 0.996. The summed E-state index contributed by atoms with van der Waals surface area (Å²) in [7, 11) is 0. The van der Waals surface area contributed by atoms with Gasteiger partial charge in [-0.3, -0.25) is 10.2 Å². The molecule has 6 heteroatoms. The summed E-state index contributed by atoms with van der Waals surface area (Å²) in [6, 6.07) is 14.3. The number of benzene rings is 2. The summed E-state index contributed by atoms with van der Waals surface area (Å²) in [5, 5.41) is 12.1. The number of nitrogens with one attached hydrogen (secondary N) is 2. The van der Waals surface area contributed by atoms with Gasteiger partial charge in [-0.15, -0.1) is 0 Å². The summed E-state index contributed by atoms with van der Waals surface area (Å²) in [5.74, 6) is 0. The molecule has 0 atom stereocenters. The fourth-order valence-corrected chi connectivity index (χ4v) is 2.26. The predicted molar refractivity (Wildman–Crippen MR) is 81.7 cm³/mol. The van der Waals surface area contributed by atoms with Crippen molar-refractivity contribution in [3.05, 3.63) is 57.6 Å². The minimum Gasteiger partial charge on any atom is -0.273 e. The summed E-state index contributed by atoms with van der Waals surface area (Å²) in [4.78, 5) is 0. The molecule has 3 rings (SSSR count). The lowest BCUT2D eigenvalue weighted by Gasteiger charge is -1.98. The van der Waals surface area contributed by atoms with Crippen LogP contribution in [0, 0.1) is 9.54 Å². The van der Waals surface area contributed by atoms with Gasteiger partial charge in [-0.1, -0.05) is 36.4 Å². The Balaban J connectivity index is 2.02. The largest absolute Gasteiger partial charge is 0.273 e. The van der Waals surface area contributed by atoms with Gasteiger partial charge in [0.1, 0.15) is 0 Å². The van der Waals surface area contributed by atoms with Crippen molar-refractivity contribution in [2.24, 2.45) is 5.10 Å². The van der Waals surface area contributed by atoms with Gasteiger partial charge in [-0.2, -0.15) is 9.78 Å². The molecule has 0 saturated heterocycles. The molecular formula is C13H10N4S2. The first-order chi connectivity index (χ1) is 9.24. The van der Waals surface area contributed by atoms with E-state index in [2.05, 4.69) is 39.6 Å². The second-order valence-corrected chi connectivity index (χ2v) is 4.80. The standard InChI is InChI=1S/C13H10N4S2/c18-12-15-16-13(19)17(12)14-8-9-5-6-10-3-1-2-4-11(10)7-9/h1-8H,(H,15,18)(H,16,19)/b14-8-. The molecule has 0 unspecified atom stereocenters. The summed E-state index contributed by atoms with van der Waals surface area (Å²) < 4.78 is 2.36. The van der Waals surface area contributed by atoms with Crippen LogP contribution >= 0.6 is 24.4 Å². The van der Waals surface area contributed by atoms with E-state index in [0.29, 0.717) is 9.54 Å². The fraction of sp³-hybridized carbons (Fsp3) is 0. The predicted octanol–water partition coefficient (Wildman–Crippen LogP) is 3.64. The maximum atomic E-state index is 5.06. The van der Waals surface area contributed by atoms with Crippen LogP contribution in [0.2, 0.25) is 0 Å². The minimum absolute atomic E-state index is 0.446. The van der Waals surface area contributed by atoms with Crippen molar-refractivity contribution >= 4 is 41.4 Å². The van der Waals surface area contributed by atoms with Gasteiger partial charge < -0.3 is 0 Å². The molecule has 2 aromatic carbocycles. The van der Waals surface area contributed by atoms with E-state index in [0.717, 1.165) is 5.56 Å². The van der Waals surface area contributed by atoms with E-state index in [1.165, 1.54) is 15.4 Å². The van der Waals surface area contributed by atoms with E-state index in [4.69, 9.17) is 24.4 Å². The molecule has 3 aromatic rings. The Bertz CT molecular complexity index is 842. The normalized spacial score (nSPS) is 11.4. The fourth-order valence-electron chi connectivity index (χ4n) is 1.82. The second kappa shape index (κ2) is 4.91. The summed E-state index contributed by atoms with van der Waals surface area (Å²) in [6.45, 7) is 0. The van der Waals surface area contributed by atoms with E-state index in [-0.39, 0.29) is 0 Å². The van der Waals surface area contributed by atoms with Crippen LogP contribution in [0.1, 0.15) is 5.56 Å². The van der Waals surface area contributed by atoms with Crippen LogP contribution in [0.15, 0.2) is 47.6 Å². The minimum atomic E-state index is 0.446. The van der Waals surface area contributed by atoms with Crippen LogP contribution in [-0.2, 0) is 0 Å². The molecule has 0 aliphatic carbocycles. The summed E-state index contributed by atoms with van der Waals surface area (Å²) in [6.07, 6.45) is 1.74. The van der Waals surface area contributed by atoms with Gasteiger partial charge >= 0.3 is 0 Å². The number of aromatic amines is 2. The topological polar surface area (TPSA) is 48.9 Å². The van der Waals surface area contributed by atoms with E-state index < -0.39 is 0 Å². The Morgan fingerprint density at radius 2 is 1.63 bits per heavy atom. The lowest BCUT2D eigenvalue weighted by molar-refractivity contribution is 0.848. The second-order valence-electron chi connectivity index (χ2n) is 4.02. The van der Waals surface area contributed by atoms with Crippen LogP contribution in [0.5, 0.6) is 0 Å². The van der Waals surface area contributed by atoms with Gasteiger partial charge in [0.2, 0.25) is 9.54 Å². The molecule has 19 heavy (non-hydrogen) atoms. The Morgan fingerprint density at radius 3 is 2.37 bits per heavy atom. The van der Waals surface area contributed by atoms with Gasteiger partial charge in [0.15, 0.2) is 0 Å². The quantitative estimate of drug-likeness (QED) is 0.558. The Morgan fingerprint density at radius 1 is 0.947 bits per heavy atom. The maximum Gasteiger partial charge on any atom is 0.215 e. The van der Waals surface area contributed by atoms with Crippen molar-refractivity contribution in [2.75, 3.05) is 0 Å². The Hall–Kier alpha value is -2.05. The molecule has 0 aliphatic heterocycles. The third-order valence-corrected chi connectivity index (χ3v) is 3.31. The van der Waals surface area contributed by atoms with Gasteiger partial charge in [0.25, 0.3) is 0 Å². The van der Waals surface area contributed by atoms with Gasteiger partial charge in [-0.25, -0.2) is 0 Å². The van der Waals surface area contributed by atoms with Crippen molar-refractivity contribution in [1.82, 2.24) is 14.9 Å². The lowest BCUT2D eigenvalue weighted by Crippen LogP contribution is -1.90. The molecule has 0 radical (unpaired) electrons. The third kappa shape index (κ3) is 2.40. The van der Waals surface area contributed by atoms with Crippen molar-refractivity contribution in [1.29, 1.82) is 0 Å². The zero-order chi connectivity index (χ0) is 13.2. The van der Waals surface area contributed by atoms with E-state index in [1.54, 1.807) is 6.21 Å². The van der Waals surface area contributed by atoms with Gasteiger partial charge in [0, 0.05) is 0 Å². The monoisotopic (exact) mass is 286 g/mol. The third-order valence-electron chi connectivity index (χ3n) is 2.76. The Labute approximate surface area is 119 Å². The number of hydrogen-bond donors (Lipinski definition) is 2. The molecule has 4 nitrogen and oxygen atoms in total. The molecule has 0 saturated carbocycles. The van der Waals surface area contributed by atoms with Crippen molar-refractivity contribution < 1.29 is 0 Å². The average Bonchev–Trinajstić information content (AvgIpc) is 2.76. The number of nitrogens with zero attached hydrogens (tertiary/aromatic N) is 2. The molecule has 0 amide bonds. The number of aromatic nitrogens is 3. The molecule has 2 N–H and O–H groups in total. The first-order valence-electron chi connectivity index (χ1n) is 5.67.